The molecule has 1 aromatic carbocycles. The maximum Gasteiger partial charge on any atom is 0.270 e. The highest BCUT2D eigenvalue weighted by Crippen LogP contribution is 2.23. The molecule has 1 aromatic heterocycles. The average molecular weight is 192 g/mol. The van der Waals surface area contributed by atoms with Crippen molar-refractivity contribution in [1.29, 1.82) is 0 Å². The molecule has 2 rings (SSSR count). The van der Waals surface area contributed by atoms with Crippen molar-refractivity contribution in [3.63, 3.8) is 0 Å². The molecule has 1 heterocycles. The van der Waals surface area contributed by atoms with Crippen molar-refractivity contribution < 1.29 is 9.34 Å². The largest absolute Gasteiger partial charge is 0.460 e. The van der Waals surface area contributed by atoms with Gasteiger partial charge in [-0.05, 0) is 12.1 Å². The van der Waals surface area contributed by atoms with Crippen molar-refractivity contribution in [2.75, 3.05) is 0 Å². The van der Waals surface area contributed by atoms with Crippen LogP contribution in [0.15, 0.2) is 28.7 Å². The van der Waals surface area contributed by atoms with Gasteiger partial charge in [0.05, 0.1) is 11.5 Å². The highest BCUT2D eigenvalue weighted by atomic mass is 16.6. The van der Waals surface area contributed by atoms with E-state index in [1.165, 1.54) is 12.1 Å². The summed E-state index contributed by atoms with van der Waals surface area (Å²) in [6.07, 6.45) is 0. The van der Waals surface area contributed by atoms with Crippen molar-refractivity contribution in [2.45, 2.75) is 6.54 Å². The Hall–Kier alpha value is -1.88. The number of hydrogen-bond donors (Lipinski definition) is 1. The van der Waals surface area contributed by atoms with Crippen LogP contribution in [0, 0.1) is 10.1 Å². The van der Waals surface area contributed by atoms with Crippen LogP contribution in [0.2, 0.25) is 0 Å². The van der Waals surface area contributed by atoms with Crippen LogP contribution in [0.4, 0.5) is 5.69 Å². The second kappa shape index (κ2) is 3.12. The summed E-state index contributed by atoms with van der Waals surface area (Å²) in [5.74, 6) is 0.625. The summed E-state index contributed by atoms with van der Waals surface area (Å²) in [4.78, 5) is 10.0. The van der Waals surface area contributed by atoms with Crippen LogP contribution in [-0.4, -0.2) is 4.92 Å². The number of nitro benzene ring substituents is 1. The van der Waals surface area contributed by atoms with Gasteiger partial charge in [-0.15, -0.1) is 0 Å². The molecule has 0 saturated carbocycles. The van der Waals surface area contributed by atoms with E-state index < -0.39 is 4.92 Å². The van der Waals surface area contributed by atoms with Gasteiger partial charge in [0.25, 0.3) is 5.69 Å². The lowest BCUT2D eigenvalue weighted by Gasteiger charge is -1.89. The second-order valence-electron chi connectivity index (χ2n) is 2.90. The Balaban J connectivity index is 2.59. The number of furan rings is 1. The first-order valence-electron chi connectivity index (χ1n) is 4.07. The Labute approximate surface area is 79.3 Å². The summed E-state index contributed by atoms with van der Waals surface area (Å²) in [5, 5.41) is 11.2. The first kappa shape index (κ1) is 8.71. The van der Waals surface area contributed by atoms with Gasteiger partial charge in [0.2, 0.25) is 0 Å². The summed E-state index contributed by atoms with van der Waals surface area (Å²) in [6, 6.07) is 6.17. The minimum Gasteiger partial charge on any atom is -0.460 e. The molecule has 0 spiro atoms. The number of non-ortho nitro benzene ring substituents is 1. The molecular formula is C9H8N2O3. The van der Waals surface area contributed by atoms with Gasteiger partial charge in [0.15, 0.2) is 0 Å². The molecule has 2 N–H and O–H groups in total. The van der Waals surface area contributed by atoms with E-state index in [-0.39, 0.29) is 5.69 Å². The second-order valence-corrected chi connectivity index (χ2v) is 2.90. The Morgan fingerprint density at radius 1 is 1.43 bits per heavy atom. The monoisotopic (exact) mass is 192 g/mol. The van der Waals surface area contributed by atoms with E-state index in [0.29, 0.717) is 23.3 Å². The number of rotatable bonds is 2. The Bertz CT molecular complexity index is 490. The number of nitro groups is 1. The van der Waals surface area contributed by atoms with Gasteiger partial charge in [-0.3, -0.25) is 10.1 Å². The fraction of sp³-hybridized carbons (Fsp3) is 0.111. The molecule has 0 radical (unpaired) electrons. The van der Waals surface area contributed by atoms with Gasteiger partial charge in [-0.25, -0.2) is 0 Å². The summed E-state index contributed by atoms with van der Waals surface area (Å²) in [5.41, 5.74) is 6.06. The van der Waals surface area contributed by atoms with Crippen LogP contribution in [-0.2, 0) is 6.54 Å². The SMILES string of the molecule is NCc1cc2cc([N+](=O)[O-])ccc2o1. The number of nitrogens with zero attached hydrogens (tertiary/aromatic N) is 1. The number of nitrogens with two attached hydrogens (primary N) is 1. The third kappa shape index (κ3) is 1.33. The van der Waals surface area contributed by atoms with Crippen LogP contribution in [0.5, 0.6) is 0 Å². The zero-order valence-electron chi connectivity index (χ0n) is 7.27. The molecule has 72 valence electrons. The highest BCUT2D eigenvalue weighted by Gasteiger charge is 2.08. The van der Waals surface area contributed by atoms with E-state index in [0.717, 1.165) is 0 Å². The zero-order chi connectivity index (χ0) is 10.1. The number of fused-ring (bicyclic) bond motifs is 1. The molecule has 14 heavy (non-hydrogen) atoms. The van der Waals surface area contributed by atoms with Crippen LogP contribution in [0.1, 0.15) is 5.76 Å². The topological polar surface area (TPSA) is 82.3 Å². The molecule has 0 bridgehead atoms. The van der Waals surface area contributed by atoms with Crippen LogP contribution in [0.25, 0.3) is 11.0 Å². The smallest absolute Gasteiger partial charge is 0.270 e. The van der Waals surface area contributed by atoms with Gasteiger partial charge in [-0.1, -0.05) is 0 Å². The van der Waals surface area contributed by atoms with E-state index in [9.17, 15) is 10.1 Å². The lowest BCUT2D eigenvalue weighted by Crippen LogP contribution is -1.92. The third-order valence-electron chi connectivity index (χ3n) is 1.96. The molecule has 0 amide bonds. The lowest BCUT2D eigenvalue weighted by molar-refractivity contribution is -0.384. The molecule has 0 unspecified atom stereocenters. The Kier molecular flexibility index (Phi) is 1.94. The van der Waals surface area contributed by atoms with E-state index in [4.69, 9.17) is 10.2 Å². The summed E-state index contributed by atoms with van der Waals surface area (Å²) >= 11 is 0. The predicted octanol–water partition coefficient (Wildman–Crippen LogP) is 1.80. The maximum atomic E-state index is 10.5. The molecule has 0 saturated heterocycles. The normalized spacial score (nSPS) is 10.6. The van der Waals surface area contributed by atoms with Gasteiger partial charge >= 0.3 is 0 Å². The summed E-state index contributed by atoms with van der Waals surface area (Å²) < 4.78 is 5.30. The van der Waals surface area contributed by atoms with Crippen LogP contribution in [0.3, 0.4) is 0 Å². The van der Waals surface area contributed by atoms with Gasteiger partial charge in [-0.2, -0.15) is 0 Å². The zero-order valence-corrected chi connectivity index (χ0v) is 7.27. The quantitative estimate of drug-likeness (QED) is 0.580. The van der Waals surface area contributed by atoms with Gasteiger partial charge in [0, 0.05) is 17.5 Å². The van der Waals surface area contributed by atoms with Gasteiger partial charge in [0.1, 0.15) is 11.3 Å². The van der Waals surface area contributed by atoms with Crippen molar-refractivity contribution in [3.05, 3.63) is 40.1 Å². The molecule has 0 aliphatic heterocycles. The van der Waals surface area contributed by atoms with Crippen LogP contribution < -0.4 is 5.73 Å². The Morgan fingerprint density at radius 2 is 2.21 bits per heavy atom. The van der Waals surface area contributed by atoms with E-state index >= 15 is 0 Å². The van der Waals surface area contributed by atoms with Crippen molar-refractivity contribution in [2.24, 2.45) is 5.73 Å². The summed E-state index contributed by atoms with van der Waals surface area (Å²) in [7, 11) is 0. The molecule has 0 aliphatic rings. The minimum absolute atomic E-state index is 0.0573. The minimum atomic E-state index is -0.436. The van der Waals surface area contributed by atoms with Gasteiger partial charge < -0.3 is 10.2 Å². The highest BCUT2D eigenvalue weighted by molar-refractivity contribution is 5.80. The fourth-order valence-electron chi connectivity index (χ4n) is 1.30. The number of benzene rings is 1. The lowest BCUT2D eigenvalue weighted by atomic mass is 10.2. The third-order valence-corrected chi connectivity index (χ3v) is 1.96. The predicted molar refractivity (Wildman–Crippen MR) is 50.8 cm³/mol. The molecule has 2 aromatic rings. The van der Waals surface area contributed by atoms with Crippen LogP contribution >= 0.6 is 0 Å². The fourth-order valence-corrected chi connectivity index (χ4v) is 1.30. The standard InChI is InChI=1S/C9H8N2O3/c10-5-8-4-6-3-7(11(12)13)1-2-9(6)14-8/h1-4H,5,10H2. The molecular weight excluding hydrogens is 184 g/mol. The molecule has 5 heteroatoms. The molecule has 0 fully saturated rings. The van der Waals surface area contributed by atoms with E-state index in [1.807, 2.05) is 0 Å². The Morgan fingerprint density at radius 3 is 2.86 bits per heavy atom. The maximum absolute atomic E-state index is 10.5. The van der Waals surface area contributed by atoms with Crippen molar-refractivity contribution >= 4 is 16.7 Å². The molecule has 5 nitrogen and oxygen atoms in total. The van der Waals surface area contributed by atoms with E-state index in [1.54, 1.807) is 12.1 Å². The molecule has 0 atom stereocenters. The average Bonchev–Trinajstić information content (AvgIpc) is 2.58. The van der Waals surface area contributed by atoms with Crippen molar-refractivity contribution in [1.82, 2.24) is 0 Å². The van der Waals surface area contributed by atoms with E-state index in [2.05, 4.69) is 0 Å². The number of hydrogen-bond acceptors (Lipinski definition) is 4. The molecule has 0 aliphatic carbocycles. The first-order valence-corrected chi connectivity index (χ1v) is 4.07. The summed E-state index contributed by atoms with van der Waals surface area (Å²) in [6.45, 7) is 0.294. The van der Waals surface area contributed by atoms with Crippen molar-refractivity contribution in [3.8, 4) is 0 Å². The first-order chi connectivity index (χ1) is 6.70.